The molecule has 2 aromatic heterocycles. The van der Waals surface area contributed by atoms with E-state index in [4.69, 9.17) is 0 Å². The van der Waals surface area contributed by atoms with Crippen molar-refractivity contribution >= 4 is 17.5 Å². The molecule has 0 unspecified atom stereocenters. The van der Waals surface area contributed by atoms with Gasteiger partial charge in [0, 0.05) is 30.7 Å². The molecule has 7 heteroatoms. The number of nitrogens with zero attached hydrogens (tertiary/aromatic N) is 2. The largest absolute Gasteiger partial charge is 0.347 e. The Kier molecular flexibility index (Phi) is 5.28. The predicted molar refractivity (Wildman–Crippen MR) is 94.0 cm³/mol. The summed E-state index contributed by atoms with van der Waals surface area (Å²) in [6.07, 6.45) is 4.62. The highest BCUT2D eigenvalue weighted by Gasteiger charge is 2.13. The Labute approximate surface area is 149 Å². The van der Waals surface area contributed by atoms with Crippen LogP contribution in [0.4, 0.5) is 10.1 Å². The van der Waals surface area contributed by atoms with Crippen LogP contribution in [0.3, 0.4) is 0 Å². The number of nitrogens with one attached hydrogen (secondary N) is 2. The van der Waals surface area contributed by atoms with Crippen molar-refractivity contribution in [1.82, 2.24) is 15.3 Å². The number of carbonyl (C=O) groups excluding carboxylic acids is 2. The van der Waals surface area contributed by atoms with Gasteiger partial charge in [-0.3, -0.25) is 19.6 Å². The fourth-order valence-corrected chi connectivity index (χ4v) is 2.23. The molecule has 130 valence electrons. The van der Waals surface area contributed by atoms with Gasteiger partial charge in [-0.25, -0.2) is 4.39 Å². The van der Waals surface area contributed by atoms with E-state index in [1.807, 2.05) is 0 Å². The molecule has 0 saturated heterocycles. The fraction of sp³-hybridized carbons (Fsp3) is 0.0526. The number of aromatic nitrogens is 2. The number of halogens is 1. The lowest BCUT2D eigenvalue weighted by Gasteiger charge is -2.08. The summed E-state index contributed by atoms with van der Waals surface area (Å²) in [6, 6.07) is 12.2. The van der Waals surface area contributed by atoms with Crippen molar-refractivity contribution in [1.29, 1.82) is 0 Å². The maximum atomic E-state index is 13.6. The first-order valence-corrected chi connectivity index (χ1v) is 7.82. The number of hydrogen-bond acceptors (Lipinski definition) is 4. The number of rotatable bonds is 5. The van der Waals surface area contributed by atoms with Gasteiger partial charge in [0.1, 0.15) is 11.5 Å². The fourth-order valence-electron chi connectivity index (χ4n) is 2.23. The molecule has 0 bridgehead atoms. The Morgan fingerprint density at radius 2 is 1.73 bits per heavy atom. The molecule has 2 N–H and O–H groups in total. The second kappa shape index (κ2) is 7.98. The Morgan fingerprint density at radius 1 is 0.962 bits per heavy atom. The van der Waals surface area contributed by atoms with Crippen molar-refractivity contribution in [3.63, 3.8) is 0 Å². The normalized spacial score (nSPS) is 10.2. The SMILES string of the molecule is O=C(Nc1ccccc1F)c1ccnc(C(=O)NCc2ccncc2)c1. The zero-order valence-electron chi connectivity index (χ0n) is 13.6. The molecule has 0 atom stereocenters. The molecule has 0 aliphatic rings. The van der Waals surface area contributed by atoms with Gasteiger partial charge in [-0.15, -0.1) is 0 Å². The van der Waals surface area contributed by atoms with E-state index in [-0.39, 0.29) is 16.9 Å². The first-order chi connectivity index (χ1) is 12.6. The van der Waals surface area contributed by atoms with Crippen LogP contribution in [0.5, 0.6) is 0 Å². The van der Waals surface area contributed by atoms with E-state index < -0.39 is 17.6 Å². The van der Waals surface area contributed by atoms with Gasteiger partial charge in [-0.2, -0.15) is 0 Å². The summed E-state index contributed by atoms with van der Waals surface area (Å²) < 4.78 is 13.6. The second-order valence-electron chi connectivity index (χ2n) is 5.40. The minimum absolute atomic E-state index is 0.0676. The Hall–Kier alpha value is -3.61. The smallest absolute Gasteiger partial charge is 0.270 e. The second-order valence-corrected chi connectivity index (χ2v) is 5.40. The van der Waals surface area contributed by atoms with Crippen LogP contribution in [-0.2, 0) is 6.54 Å². The number of hydrogen-bond donors (Lipinski definition) is 2. The summed E-state index contributed by atoms with van der Waals surface area (Å²) in [7, 11) is 0. The molecule has 0 radical (unpaired) electrons. The van der Waals surface area contributed by atoms with Crippen LogP contribution >= 0.6 is 0 Å². The van der Waals surface area contributed by atoms with E-state index in [2.05, 4.69) is 20.6 Å². The highest BCUT2D eigenvalue weighted by molar-refractivity contribution is 6.05. The first-order valence-electron chi connectivity index (χ1n) is 7.82. The molecule has 0 aliphatic heterocycles. The van der Waals surface area contributed by atoms with Crippen LogP contribution < -0.4 is 10.6 Å². The summed E-state index contributed by atoms with van der Waals surface area (Å²) in [5, 5.41) is 5.19. The third-order valence-electron chi connectivity index (χ3n) is 3.58. The number of pyridine rings is 2. The average Bonchev–Trinajstić information content (AvgIpc) is 2.69. The molecule has 0 spiro atoms. The van der Waals surface area contributed by atoms with Crippen LogP contribution in [-0.4, -0.2) is 21.8 Å². The quantitative estimate of drug-likeness (QED) is 0.741. The molecule has 2 amide bonds. The molecule has 26 heavy (non-hydrogen) atoms. The lowest BCUT2D eigenvalue weighted by Crippen LogP contribution is -2.24. The molecule has 0 saturated carbocycles. The highest BCUT2D eigenvalue weighted by Crippen LogP contribution is 2.14. The third kappa shape index (κ3) is 4.27. The van der Waals surface area contributed by atoms with E-state index in [0.717, 1.165) is 5.56 Å². The van der Waals surface area contributed by atoms with Crippen molar-refractivity contribution in [2.24, 2.45) is 0 Å². The van der Waals surface area contributed by atoms with Crippen molar-refractivity contribution in [2.75, 3.05) is 5.32 Å². The predicted octanol–water partition coefficient (Wildman–Crippen LogP) is 2.80. The molecule has 1 aromatic carbocycles. The number of para-hydroxylation sites is 1. The minimum atomic E-state index is -0.537. The monoisotopic (exact) mass is 350 g/mol. The van der Waals surface area contributed by atoms with Crippen molar-refractivity contribution < 1.29 is 14.0 Å². The zero-order chi connectivity index (χ0) is 18.4. The molecular formula is C19H15FN4O2. The summed E-state index contributed by atoms with van der Waals surface area (Å²) in [4.78, 5) is 32.4. The van der Waals surface area contributed by atoms with Crippen molar-refractivity contribution in [3.8, 4) is 0 Å². The molecule has 0 aliphatic carbocycles. The molecule has 3 aromatic rings. The van der Waals surface area contributed by atoms with Gasteiger partial charge in [-0.05, 0) is 42.0 Å². The van der Waals surface area contributed by atoms with E-state index >= 15 is 0 Å². The van der Waals surface area contributed by atoms with Crippen LogP contribution in [0.25, 0.3) is 0 Å². The average molecular weight is 350 g/mol. The van der Waals surface area contributed by atoms with E-state index in [0.29, 0.717) is 6.54 Å². The standard InChI is InChI=1S/C19H15FN4O2/c20-15-3-1-2-4-16(15)24-18(25)14-7-10-22-17(11-14)19(26)23-12-13-5-8-21-9-6-13/h1-11H,12H2,(H,23,26)(H,24,25). The van der Waals surface area contributed by atoms with Gasteiger partial charge in [0.15, 0.2) is 0 Å². The lowest BCUT2D eigenvalue weighted by molar-refractivity contribution is 0.0946. The maximum absolute atomic E-state index is 13.6. The summed E-state index contributed by atoms with van der Waals surface area (Å²) >= 11 is 0. The summed E-state index contributed by atoms with van der Waals surface area (Å²) in [5.74, 6) is -1.48. The van der Waals surface area contributed by atoms with E-state index in [9.17, 15) is 14.0 Å². The van der Waals surface area contributed by atoms with Gasteiger partial charge in [0.25, 0.3) is 11.8 Å². The Morgan fingerprint density at radius 3 is 2.50 bits per heavy atom. The van der Waals surface area contributed by atoms with Crippen LogP contribution in [0.15, 0.2) is 67.1 Å². The number of amides is 2. The summed E-state index contributed by atoms with van der Waals surface area (Å²) in [6.45, 7) is 0.314. The lowest BCUT2D eigenvalue weighted by atomic mass is 10.2. The van der Waals surface area contributed by atoms with Crippen LogP contribution in [0, 0.1) is 5.82 Å². The molecule has 0 fully saturated rings. The van der Waals surface area contributed by atoms with Gasteiger partial charge < -0.3 is 10.6 Å². The first kappa shape index (κ1) is 17.2. The topological polar surface area (TPSA) is 84.0 Å². The summed E-state index contributed by atoms with van der Waals surface area (Å²) in [5.41, 5.74) is 1.26. The Balaban J connectivity index is 1.68. The number of benzene rings is 1. The third-order valence-corrected chi connectivity index (χ3v) is 3.58. The van der Waals surface area contributed by atoms with E-state index in [1.165, 1.54) is 36.5 Å². The number of carbonyl (C=O) groups is 2. The van der Waals surface area contributed by atoms with Crippen LogP contribution in [0.1, 0.15) is 26.4 Å². The minimum Gasteiger partial charge on any atom is -0.347 e. The molecule has 6 nitrogen and oxygen atoms in total. The highest BCUT2D eigenvalue weighted by atomic mass is 19.1. The van der Waals surface area contributed by atoms with Gasteiger partial charge in [-0.1, -0.05) is 12.1 Å². The van der Waals surface area contributed by atoms with Crippen molar-refractivity contribution in [3.05, 3.63) is 89.8 Å². The maximum Gasteiger partial charge on any atom is 0.270 e. The molecule has 2 heterocycles. The van der Waals surface area contributed by atoms with E-state index in [1.54, 1.807) is 30.6 Å². The van der Waals surface area contributed by atoms with Gasteiger partial charge >= 0.3 is 0 Å². The van der Waals surface area contributed by atoms with Crippen molar-refractivity contribution in [2.45, 2.75) is 6.54 Å². The number of anilines is 1. The van der Waals surface area contributed by atoms with Gasteiger partial charge in [0.05, 0.1) is 5.69 Å². The van der Waals surface area contributed by atoms with Gasteiger partial charge in [0.2, 0.25) is 0 Å². The zero-order valence-corrected chi connectivity index (χ0v) is 13.6. The van der Waals surface area contributed by atoms with Crippen LogP contribution in [0.2, 0.25) is 0 Å². The Bertz CT molecular complexity index is 932. The molecular weight excluding hydrogens is 335 g/mol. The molecule has 3 rings (SSSR count).